The average molecular weight is 519 g/mol. The van der Waals surface area contributed by atoms with E-state index < -0.39 is 24.2 Å². The minimum Gasteiger partial charge on any atom is -0.480 e. The molecule has 0 bridgehead atoms. The van der Waals surface area contributed by atoms with Gasteiger partial charge < -0.3 is 32.5 Å². The number of nitrogens with zero attached hydrogens (tertiary/aromatic N) is 3. The van der Waals surface area contributed by atoms with E-state index in [4.69, 9.17) is 32.5 Å². The van der Waals surface area contributed by atoms with Gasteiger partial charge in [0, 0.05) is 36.3 Å². The number of hydrogen-bond acceptors (Lipinski definition) is 7. The van der Waals surface area contributed by atoms with Crippen LogP contribution in [-0.4, -0.2) is 65.7 Å². The third kappa shape index (κ3) is 10.8. The Morgan fingerprint density at radius 1 is 0.892 bits per heavy atom. The highest BCUT2D eigenvalue weighted by Gasteiger charge is 2.13. The van der Waals surface area contributed by atoms with Gasteiger partial charge in [0.15, 0.2) is 0 Å². The summed E-state index contributed by atoms with van der Waals surface area (Å²) in [5, 5.41) is 26.9. The van der Waals surface area contributed by atoms with E-state index in [-0.39, 0.29) is 12.1 Å². The van der Waals surface area contributed by atoms with Crippen LogP contribution < -0.4 is 17.2 Å². The Balaban J connectivity index is 0.000000291. The molecule has 0 saturated heterocycles. The summed E-state index contributed by atoms with van der Waals surface area (Å²) in [5.41, 5.74) is 18.9. The van der Waals surface area contributed by atoms with Crippen molar-refractivity contribution in [2.24, 2.45) is 23.1 Å². The van der Waals surface area contributed by atoms with E-state index in [0.29, 0.717) is 36.4 Å². The number of carboxylic acids is 1. The minimum atomic E-state index is -1.03. The molecular weight excluding hydrogens is 480 g/mol. The van der Waals surface area contributed by atoms with Crippen molar-refractivity contribution >= 4 is 29.1 Å². The SMILES string of the molecule is CC(C)C[C@H](N)C(=O)O.C[C@@H](N)Cc1cn(C(=O)O)c2ccccc12.C[C@@H](N)Cc1cn(C(=O)O)cn1. The second-order valence-corrected chi connectivity index (χ2v) is 9.32. The van der Waals surface area contributed by atoms with Crippen molar-refractivity contribution in [3.05, 3.63) is 54.2 Å². The van der Waals surface area contributed by atoms with Crippen molar-refractivity contribution in [3.8, 4) is 0 Å². The van der Waals surface area contributed by atoms with Gasteiger partial charge in [-0.05, 0) is 44.2 Å². The fourth-order valence-corrected chi connectivity index (χ4v) is 3.43. The fourth-order valence-electron chi connectivity index (χ4n) is 3.43. The van der Waals surface area contributed by atoms with Gasteiger partial charge in [-0.2, -0.15) is 0 Å². The first-order chi connectivity index (χ1) is 17.2. The highest BCUT2D eigenvalue weighted by atomic mass is 16.4. The summed E-state index contributed by atoms with van der Waals surface area (Å²) in [6, 6.07) is 6.79. The maximum atomic E-state index is 11.0. The predicted octanol–water partition coefficient (Wildman–Crippen LogP) is 2.80. The zero-order valence-electron chi connectivity index (χ0n) is 21.6. The summed E-state index contributed by atoms with van der Waals surface area (Å²) < 4.78 is 2.25. The molecule has 1 aromatic carbocycles. The summed E-state index contributed by atoms with van der Waals surface area (Å²) in [5.74, 6) is -0.556. The normalized spacial score (nSPS) is 13.1. The Morgan fingerprint density at radius 3 is 1.92 bits per heavy atom. The van der Waals surface area contributed by atoms with Gasteiger partial charge in [-0.15, -0.1) is 0 Å². The molecule has 2 heterocycles. The van der Waals surface area contributed by atoms with Crippen molar-refractivity contribution in [2.45, 2.75) is 65.1 Å². The number of imidazole rings is 1. The van der Waals surface area contributed by atoms with Crippen LogP contribution in [0.4, 0.5) is 9.59 Å². The van der Waals surface area contributed by atoms with Crippen LogP contribution in [0.15, 0.2) is 43.0 Å². The first-order valence-corrected chi connectivity index (χ1v) is 11.8. The quantitative estimate of drug-likeness (QED) is 0.269. The molecule has 0 fully saturated rings. The molecule has 0 aliphatic carbocycles. The molecule has 3 rings (SSSR count). The number of hydrogen-bond donors (Lipinski definition) is 6. The van der Waals surface area contributed by atoms with E-state index in [1.54, 1.807) is 12.3 Å². The van der Waals surface area contributed by atoms with Crippen molar-refractivity contribution in [2.75, 3.05) is 0 Å². The zero-order chi connectivity index (χ0) is 28.3. The van der Waals surface area contributed by atoms with Gasteiger partial charge in [0.2, 0.25) is 0 Å². The molecule has 12 heteroatoms. The van der Waals surface area contributed by atoms with Gasteiger partial charge >= 0.3 is 18.2 Å². The average Bonchev–Trinajstić information content (AvgIpc) is 3.39. The topological polar surface area (TPSA) is 213 Å². The standard InChI is InChI=1S/C12H14N2O2.C7H11N3O2.C6H13NO2/c1-8(13)6-9-7-14(12(15)16)11-5-3-2-4-10(9)11;1-5(8)2-6-3-10(4-9-6)7(11)12;1-4(2)3-5(7)6(8)9/h2-5,7-8H,6,13H2,1H3,(H,15,16);3-5H,2,8H2,1H3,(H,11,12);4-5H,3,7H2,1-2H3,(H,8,9)/t8-;2*5-/m110/s1. The van der Waals surface area contributed by atoms with Crippen LogP contribution in [0.25, 0.3) is 10.9 Å². The van der Waals surface area contributed by atoms with E-state index in [2.05, 4.69) is 4.98 Å². The fraction of sp³-hybridized carbons (Fsp3) is 0.440. The first-order valence-electron chi connectivity index (χ1n) is 11.8. The number of benzene rings is 1. The number of para-hydroxylation sites is 1. The number of carbonyl (C=O) groups is 3. The second kappa shape index (κ2) is 14.7. The Hall–Kier alpha value is -3.74. The Labute approximate surface area is 215 Å². The number of rotatable bonds is 7. The minimum absolute atomic E-state index is 0.00199. The van der Waals surface area contributed by atoms with Gasteiger partial charge in [0.05, 0.1) is 11.2 Å². The molecule has 204 valence electrons. The molecule has 0 spiro atoms. The molecule has 3 aromatic rings. The molecule has 3 atom stereocenters. The molecular formula is C25H38N6O6. The highest BCUT2D eigenvalue weighted by molar-refractivity contribution is 5.91. The lowest BCUT2D eigenvalue weighted by molar-refractivity contribution is -0.138. The van der Waals surface area contributed by atoms with Crippen LogP contribution in [0, 0.1) is 5.92 Å². The van der Waals surface area contributed by atoms with Gasteiger partial charge in [-0.1, -0.05) is 32.0 Å². The Morgan fingerprint density at radius 2 is 1.49 bits per heavy atom. The number of aliphatic carboxylic acids is 1. The summed E-state index contributed by atoms with van der Waals surface area (Å²) in [6.07, 6.45) is 4.21. The lowest BCUT2D eigenvalue weighted by Crippen LogP contribution is -2.31. The molecule has 0 saturated carbocycles. The van der Waals surface area contributed by atoms with E-state index in [1.807, 2.05) is 45.9 Å². The van der Waals surface area contributed by atoms with Crippen LogP contribution in [0.5, 0.6) is 0 Å². The first kappa shape index (κ1) is 31.3. The van der Waals surface area contributed by atoms with Crippen molar-refractivity contribution in [1.82, 2.24) is 14.1 Å². The van der Waals surface area contributed by atoms with E-state index in [1.165, 1.54) is 17.1 Å². The van der Waals surface area contributed by atoms with Gasteiger partial charge in [0.1, 0.15) is 12.4 Å². The van der Waals surface area contributed by atoms with Crippen LogP contribution >= 0.6 is 0 Å². The smallest absolute Gasteiger partial charge is 0.416 e. The number of fused-ring (bicyclic) bond motifs is 1. The Kier molecular flexibility index (Phi) is 12.5. The number of nitrogens with two attached hydrogens (primary N) is 3. The molecule has 0 unspecified atom stereocenters. The summed E-state index contributed by atoms with van der Waals surface area (Å²) in [6.45, 7) is 7.65. The molecule has 0 radical (unpaired) electrons. The van der Waals surface area contributed by atoms with Gasteiger partial charge in [-0.3, -0.25) is 9.36 Å². The van der Waals surface area contributed by atoms with E-state index in [0.717, 1.165) is 15.5 Å². The largest absolute Gasteiger partial charge is 0.480 e. The van der Waals surface area contributed by atoms with Crippen LogP contribution in [0.2, 0.25) is 0 Å². The maximum Gasteiger partial charge on any atom is 0.416 e. The van der Waals surface area contributed by atoms with Crippen molar-refractivity contribution in [3.63, 3.8) is 0 Å². The van der Waals surface area contributed by atoms with Crippen molar-refractivity contribution < 1.29 is 29.7 Å². The Bertz CT molecular complexity index is 1170. The lowest BCUT2D eigenvalue weighted by Gasteiger charge is -2.07. The second-order valence-electron chi connectivity index (χ2n) is 9.32. The highest BCUT2D eigenvalue weighted by Crippen LogP contribution is 2.22. The molecule has 0 aliphatic rings. The molecule has 12 nitrogen and oxygen atoms in total. The van der Waals surface area contributed by atoms with Crippen LogP contribution in [0.1, 0.15) is 45.4 Å². The predicted molar refractivity (Wildman–Crippen MR) is 141 cm³/mol. The molecule has 37 heavy (non-hydrogen) atoms. The summed E-state index contributed by atoms with van der Waals surface area (Å²) >= 11 is 0. The van der Waals surface area contributed by atoms with Crippen molar-refractivity contribution in [1.29, 1.82) is 0 Å². The van der Waals surface area contributed by atoms with Gasteiger partial charge in [-0.25, -0.2) is 19.1 Å². The third-order valence-electron chi connectivity index (χ3n) is 4.97. The van der Waals surface area contributed by atoms with E-state index >= 15 is 0 Å². The lowest BCUT2D eigenvalue weighted by atomic mass is 10.1. The van der Waals surface area contributed by atoms with Gasteiger partial charge in [0.25, 0.3) is 0 Å². The third-order valence-corrected chi connectivity index (χ3v) is 4.97. The summed E-state index contributed by atoms with van der Waals surface area (Å²) in [4.78, 5) is 35.4. The monoisotopic (exact) mass is 518 g/mol. The number of aromatic nitrogens is 3. The summed E-state index contributed by atoms with van der Waals surface area (Å²) in [7, 11) is 0. The molecule has 9 N–H and O–H groups in total. The molecule has 0 amide bonds. The molecule has 2 aromatic heterocycles. The number of carboxylic acid groups (broad SMARTS) is 3. The van der Waals surface area contributed by atoms with Crippen LogP contribution in [0.3, 0.4) is 0 Å². The van der Waals surface area contributed by atoms with Crippen LogP contribution in [-0.2, 0) is 17.6 Å². The molecule has 0 aliphatic heterocycles. The maximum absolute atomic E-state index is 11.0. The van der Waals surface area contributed by atoms with E-state index in [9.17, 15) is 14.4 Å². The zero-order valence-corrected chi connectivity index (χ0v) is 21.6.